The van der Waals surface area contributed by atoms with Crippen molar-refractivity contribution in [3.8, 4) is 0 Å². The second kappa shape index (κ2) is 8.83. The van der Waals surface area contributed by atoms with Gasteiger partial charge in [0.05, 0.1) is 22.5 Å². The minimum Gasteiger partial charge on any atom is -0.465 e. The Kier molecular flexibility index (Phi) is 5.95. The molecule has 1 fully saturated rings. The van der Waals surface area contributed by atoms with Crippen LogP contribution in [0.25, 0.3) is 10.2 Å². The molecule has 32 heavy (non-hydrogen) atoms. The molecule has 0 spiro atoms. The Morgan fingerprint density at radius 3 is 2.56 bits per heavy atom. The summed E-state index contributed by atoms with van der Waals surface area (Å²) < 4.78 is 21.3. The minimum absolute atomic E-state index is 0.127. The molecule has 2 heterocycles. The highest BCUT2D eigenvalue weighted by Crippen LogP contribution is 2.24. The fraction of sp³-hybridized carbons (Fsp3) is 0.227. The maximum atomic E-state index is 14.5. The van der Waals surface area contributed by atoms with Gasteiger partial charge in [0, 0.05) is 18.4 Å². The number of anilines is 1. The van der Waals surface area contributed by atoms with Crippen LogP contribution in [-0.4, -0.2) is 34.9 Å². The number of thiazole rings is 1. The van der Waals surface area contributed by atoms with Crippen molar-refractivity contribution < 1.29 is 28.3 Å². The van der Waals surface area contributed by atoms with Crippen LogP contribution < -0.4 is 9.70 Å². The van der Waals surface area contributed by atoms with Gasteiger partial charge in [-0.2, -0.15) is 4.99 Å². The van der Waals surface area contributed by atoms with Crippen LogP contribution >= 0.6 is 11.3 Å². The van der Waals surface area contributed by atoms with E-state index in [4.69, 9.17) is 4.74 Å². The number of aromatic nitrogens is 1. The molecular formula is C22H18FN3O5S. The van der Waals surface area contributed by atoms with Crippen molar-refractivity contribution in [2.75, 3.05) is 11.5 Å². The van der Waals surface area contributed by atoms with E-state index in [1.165, 1.54) is 28.8 Å². The standard InChI is InChI=1S/C22H18FN3O5S/c1-2-31-19(29)12-25-20-15(23)7-4-8-16(20)32-22(25)24-21(30)13-5-3-6-14(11-13)26-17(27)9-10-18(26)28/h3-8,11H,2,9-10,12H2,1H3. The number of esters is 1. The van der Waals surface area contributed by atoms with Gasteiger partial charge in [0.15, 0.2) is 4.80 Å². The molecular weight excluding hydrogens is 437 g/mol. The van der Waals surface area contributed by atoms with Gasteiger partial charge < -0.3 is 9.30 Å². The van der Waals surface area contributed by atoms with Gasteiger partial charge in [-0.3, -0.25) is 24.1 Å². The monoisotopic (exact) mass is 455 g/mol. The number of imide groups is 1. The molecule has 164 valence electrons. The Hall–Kier alpha value is -3.66. The number of amides is 3. The lowest BCUT2D eigenvalue weighted by atomic mass is 10.2. The first-order valence-electron chi connectivity index (χ1n) is 9.87. The zero-order valence-corrected chi connectivity index (χ0v) is 17.9. The normalized spacial score (nSPS) is 14.4. The van der Waals surface area contributed by atoms with Crippen molar-refractivity contribution in [2.45, 2.75) is 26.3 Å². The SMILES string of the molecule is CCOC(=O)Cn1c(=NC(=O)c2cccc(N3C(=O)CCC3=O)c2)sc2cccc(F)c21. The van der Waals surface area contributed by atoms with Crippen LogP contribution in [-0.2, 0) is 25.7 Å². The number of carbonyl (C=O) groups excluding carboxylic acids is 4. The van der Waals surface area contributed by atoms with Crippen molar-refractivity contribution in [3.63, 3.8) is 0 Å². The van der Waals surface area contributed by atoms with Crippen molar-refractivity contribution in [1.82, 2.24) is 4.57 Å². The summed E-state index contributed by atoms with van der Waals surface area (Å²) in [5, 5.41) is 0. The molecule has 2 aromatic carbocycles. The maximum absolute atomic E-state index is 14.5. The highest BCUT2D eigenvalue weighted by molar-refractivity contribution is 7.16. The maximum Gasteiger partial charge on any atom is 0.326 e. The van der Waals surface area contributed by atoms with Gasteiger partial charge >= 0.3 is 5.97 Å². The molecule has 1 aliphatic rings. The second-order valence-electron chi connectivity index (χ2n) is 6.95. The summed E-state index contributed by atoms with van der Waals surface area (Å²) in [7, 11) is 0. The summed E-state index contributed by atoms with van der Waals surface area (Å²) in [5.74, 6) is -2.45. The summed E-state index contributed by atoms with van der Waals surface area (Å²) >= 11 is 1.06. The summed E-state index contributed by atoms with van der Waals surface area (Å²) in [4.78, 5) is 54.3. The predicted octanol–water partition coefficient (Wildman–Crippen LogP) is 2.80. The van der Waals surface area contributed by atoms with Crippen LogP contribution in [0.3, 0.4) is 0 Å². The van der Waals surface area contributed by atoms with Crippen LogP contribution in [0.4, 0.5) is 10.1 Å². The fourth-order valence-electron chi connectivity index (χ4n) is 3.45. The molecule has 1 aromatic heterocycles. The summed E-state index contributed by atoms with van der Waals surface area (Å²) in [6.07, 6.45) is 0.255. The third-order valence-corrected chi connectivity index (χ3v) is 5.89. The van der Waals surface area contributed by atoms with Gasteiger partial charge in [0.1, 0.15) is 12.4 Å². The molecule has 3 aromatic rings. The number of para-hydroxylation sites is 1. The van der Waals surface area contributed by atoms with E-state index in [1.54, 1.807) is 25.1 Å². The first-order valence-corrected chi connectivity index (χ1v) is 10.7. The molecule has 1 saturated heterocycles. The number of carbonyl (C=O) groups is 4. The Labute approximate surface area is 185 Å². The molecule has 0 radical (unpaired) electrons. The number of halogens is 1. The number of rotatable bonds is 5. The minimum atomic E-state index is -0.657. The molecule has 0 unspecified atom stereocenters. The van der Waals surface area contributed by atoms with Gasteiger partial charge in [-0.1, -0.05) is 23.5 Å². The lowest BCUT2D eigenvalue weighted by Crippen LogP contribution is -2.28. The number of hydrogen-bond acceptors (Lipinski definition) is 6. The van der Waals surface area contributed by atoms with Crippen LogP contribution in [0.5, 0.6) is 0 Å². The van der Waals surface area contributed by atoms with E-state index in [-0.39, 0.29) is 53.7 Å². The summed E-state index contributed by atoms with van der Waals surface area (Å²) in [6, 6.07) is 10.5. The number of ether oxygens (including phenoxy) is 1. The van der Waals surface area contributed by atoms with Gasteiger partial charge in [-0.05, 0) is 37.3 Å². The molecule has 0 N–H and O–H groups in total. The Morgan fingerprint density at radius 1 is 1.12 bits per heavy atom. The van der Waals surface area contributed by atoms with Crippen molar-refractivity contribution >= 4 is 50.9 Å². The van der Waals surface area contributed by atoms with Crippen LogP contribution in [0.15, 0.2) is 47.5 Å². The number of hydrogen-bond donors (Lipinski definition) is 0. The second-order valence-corrected chi connectivity index (χ2v) is 7.96. The van der Waals surface area contributed by atoms with E-state index in [0.717, 1.165) is 16.2 Å². The average molecular weight is 455 g/mol. The summed E-state index contributed by atoms with van der Waals surface area (Å²) in [6.45, 7) is 1.51. The summed E-state index contributed by atoms with van der Waals surface area (Å²) in [5.41, 5.74) is 0.593. The molecule has 0 saturated carbocycles. The number of nitrogens with zero attached hydrogens (tertiary/aromatic N) is 3. The van der Waals surface area contributed by atoms with E-state index in [9.17, 15) is 23.6 Å². The first-order chi connectivity index (χ1) is 15.4. The van der Waals surface area contributed by atoms with Crippen molar-refractivity contribution in [1.29, 1.82) is 0 Å². The zero-order valence-electron chi connectivity index (χ0n) is 17.0. The van der Waals surface area contributed by atoms with E-state index < -0.39 is 17.7 Å². The highest BCUT2D eigenvalue weighted by Gasteiger charge is 2.30. The molecule has 4 rings (SSSR count). The molecule has 0 bridgehead atoms. The van der Waals surface area contributed by atoms with Crippen LogP contribution in [0, 0.1) is 5.82 Å². The molecule has 0 atom stereocenters. The first kappa shape index (κ1) is 21.6. The predicted molar refractivity (Wildman–Crippen MR) is 114 cm³/mol. The molecule has 8 nitrogen and oxygen atoms in total. The highest BCUT2D eigenvalue weighted by atomic mass is 32.1. The van der Waals surface area contributed by atoms with E-state index in [0.29, 0.717) is 10.4 Å². The van der Waals surface area contributed by atoms with Gasteiger partial charge in [0.2, 0.25) is 11.8 Å². The Morgan fingerprint density at radius 2 is 1.84 bits per heavy atom. The Bertz CT molecular complexity index is 1310. The molecule has 10 heteroatoms. The van der Waals surface area contributed by atoms with Crippen LogP contribution in [0.2, 0.25) is 0 Å². The quantitative estimate of drug-likeness (QED) is 0.435. The average Bonchev–Trinajstić information content (AvgIpc) is 3.28. The number of benzene rings is 2. The fourth-order valence-corrected chi connectivity index (χ4v) is 4.49. The topological polar surface area (TPSA) is 98.0 Å². The smallest absolute Gasteiger partial charge is 0.326 e. The van der Waals surface area contributed by atoms with E-state index in [2.05, 4.69) is 4.99 Å². The van der Waals surface area contributed by atoms with E-state index in [1.807, 2.05) is 0 Å². The third kappa shape index (κ3) is 4.09. The third-order valence-electron chi connectivity index (χ3n) is 4.84. The Balaban J connectivity index is 1.76. The lowest BCUT2D eigenvalue weighted by molar-refractivity contribution is -0.143. The van der Waals surface area contributed by atoms with Crippen LogP contribution in [0.1, 0.15) is 30.1 Å². The van der Waals surface area contributed by atoms with Gasteiger partial charge in [0.25, 0.3) is 5.91 Å². The molecule has 1 aliphatic heterocycles. The lowest BCUT2D eigenvalue weighted by Gasteiger charge is -2.14. The zero-order chi connectivity index (χ0) is 22.8. The molecule has 0 aliphatic carbocycles. The van der Waals surface area contributed by atoms with Crippen molar-refractivity contribution in [3.05, 3.63) is 58.6 Å². The van der Waals surface area contributed by atoms with Gasteiger partial charge in [-0.15, -0.1) is 0 Å². The van der Waals surface area contributed by atoms with E-state index >= 15 is 0 Å². The number of fused-ring (bicyclic) bond motifs is 1. The van der Waals surface area contributed by atoms with Gasteiger partial charge in [-0.25, -0.2) is 4.39 Å². The van der Waals surface area contributed by atoms with Crippen molar-refractivity contribution in [2.24, 2.45) is 4.99 Å². The molecule has 3 amide bonds. The largest absolute Gasteiger partial charge is 0.465 e.